The van der Waals surface area contributed by atoms with E-state index in [0.29, 0.717) is 23.0 Å². The smallest absolute Gasteiger partial charge is 0.116 e. The molecule has 1 N–H and O–H groups in total. The molecule has 3 aliphatic carbocycles. The molecule has 0 bridgehead atoms. The summed E-state index contributed by atoms with van der Waals surface area (Å²) in [6.45, 7) is 9.29. The molecule has 0 aromatic heterocycles. The van der Waals surface area contributed by atoms with Crippen molar-refractivity contribution in [1.29, 1.82) is 0 Å². The van der Waals surface area contributed by atoms with E-state index in [4.69, 9.17) is 0 Å². The average molecular weight is 322 g/mol. The van der Waals surface area contributed by atoms with Crippen LogP contribution in [0.4, 0.5) is 0 Å². The third-order valence-corrected chi connectivity index (χ3v) is 7.36. The van der Waals surface area contributed by atoms with Gasteiger partial charge >= 0.3 is 0 Å². The van der Waals surface area contributed by atoms with Gasteiger partial charge in [-0.25, -0.2) is 0 Å². The second kappa shape index (κ2) is 5.79. The van der Waals surface area contributed by atoms with Crippen LogP contribution in [-0.2, 0) is 0 Å². The van der Waals surface area contributed by atoms with Crippen molar-refractivity contribution in [3.05, 3.63) is 47.6 Å². The first kappa shape index (κ1) is 16.0. The molecule has 3 aliphatic rings. The number of rotatable bonds is 3. The molecule has 4 rings (SSSR count). The fraction of sp³-hybridized carbons (Fsp3) is 0.565. The number of fused-ring (bicyclic) bond motifs is 5. The molecule has 1 nitrogen and oxygen atoms in total. The standard InChI is InChI=1S/C23H30O/c1-4-5-15(2)21-10-11-22-20-8-6-16-14-17(24)7-9-18(16)19(20)12-13-23(21,22)3/h6-9,14,19-22,24H,2,4-5,10-13H2,1,3H3. The maximum atomic E-state index is 9.78. The van der Waals surface area contributed by atoms with E-state index in [1.54, 1.807) is 0 Å². The number of aromatic hydroxyl groups is 1. The fourth-order valence-corrected chi connectivity index (χ4v) is 6.25. The molecule has 1 aromatic rings. The first-order valence-electron chi connectivity index (χ1n) is 9.73. The molecular formula is C23H30O. The van der Waals surface area contributed by atoms with Gasteiger partial charge in [-0.1, -0.05) is 50.6 Å². The minimum Gasteiger partial charge on any atom is -0.508 e. The summed E-state index contributed by atoms with van der Waals surface area (Å²) in [6.07, 6.45) is 12.4. The quantitative estimate of drug-likeness (QED) is 0.647. The van der Waals surface area contributed by atoms with Crippen molar-refractivity contribution in [2.24, 2.45) is 23.2 Å². The summed E-state index contributed by atoms with van der Waals surface area (Å²) in [7, 11) is 0. The topological polar surface area (TPSA) is 20.2 Å². The van der Waals surface area contributed by atoms with Crippen molar-refractivity contribution in [1.82, 2.24) is 0 Å². The largest absolute Gasteiger partial charge is 0.508 e. The Bertz CT molecular complexity index is 685. The van der Waals surface area contributed by atoms with E-state index in [1.165, 1.54) is 55.2 Å². The molecule has 0 amide bonds. The fourth-order valence-electron chi connectivity index (χ4n) is 6.25. The monoisotopic (exact) mass is 322 g/mol. The molecule has 5 unspecified atom stereocenters. The summed E-state index contributed by atoms with van der Waals surface area (Å²) in [5.41, 5.74) is 4.63. The third kappa shape index (κ3) is 2.28. The lowest BCUT2D eigenvalue weighted by Crippen LogP contribution is -2.41. The maximum Gasteiger partial charge on any atom is 0.116 e. The van der Waals surface area contributed by atoms with Crippen molar-refractivity contribution >= 4 is 6.08 Å². The van der Waals surface area contributed by atoms with Gasteiger partial charge in [0.1, 0.15) is 5.75 Å². The summed E-state index contributed by atoms with van der Waals surface area (Å²) in [6, 6.07) is 5.96. The zero-order valence-corrected chi connectivity index (χ0v) is 15.1. The summed E-state index contributed by atoms with van der Waals surface area (Å²) in [4.78, 5) is 0. The number of phenolic OH excluding ortho intramolecular Hbond substituents is 1. The number of hydrogen-bond acceptors (Lipinski definition) is 1. The zero-order chi connectivity index (χ0) is 16.9. The Morgan fingerprint density at radius 3 is 2.92 bits per heavy atom. The highest BCUT2D eigenvalue weighted by Crippen LogP contribution is 2.63. The van der Waals surface area contributed by atoms with Crippen LogP contribution in [-0.4, -0.2) is 5.11 Å². The van der Waals surface area contributed by atoms with Gasteiger partial charge < -0.3 is 5.11 Å². The molecule has 0 saturated heterocycles. The van der Waals surface area contributed by atoms with Crippen LogP contribution in [0.15, 0.2) is 36.4 Å². The van der Waals surface area contributed by atoms with Crippen molar-refractivity contribution in [3.63, 3.8) is 0 Å². The zero-order valence-electron chi connectivity index (χ0n) is 15.1. The van der Waals surface area contributed by atoms with Gasteiger partial charge in [-0.05, 0) is 84.5 Å². The molecule has 2 fully saturated rings. The second-order valence-corrected chi connectivity index (χ2v) is 8.55. The molecule has 5 atom stereocenters. The highest BCUT2D eigenvalue weighted by Gasteiger charge is 2.54. The van der Waals surface area contributed by atoms with Crippen LogP contribution in [0.1, 0.15) is 69.4 Å². The molecule has 2 saturated carbocycles. The van der Waals surface area contributed by atoms with Gasteiger partial charge in [0.15, 0.2) is 0 Å². The minimum atomic E-state index is 0.384. The number of hydrogen-bond donors (Lipinski definition) is 1. The highest BCUT2D eigenvalue weighted by atomic mass is 16.3. The molecule has 1 aromatic carbocycles. The molecular weight excluding hydrogens is 292 g/mol. The van der Waals surface area contributed by atoms with E-state index < -0.39 is 0 Å². The lowest BCUT2D eigenvalue weighted by molar-refractivity contribution is 0.0667. The van der Waals surface area contributed by atoms with Crippen LogP contribution >= 0.6 is 0 Å². The SMILES string of the molecule is C=C(CCC)C1CCC2C3C=Cc4cc(O)ccc4C3CCC12C. The number of phenols is 1. The second-order valence-electron chi connectivity index (χ2n) is 8.55. The lowest BCUT2D eigenvalue weighted by Gasteiger charge is -2.49. The average Bonchev–Trinajstić information content (AvgIpc) is 2.92. The summed E-state index contributed by atoms with van der Waals surface area (Å²) in [5.74, 6) is 3.20. The van der Waals surface area contributed by atoms with Gasteiger partial charge in [0.25, 0.3) is 0 Å². The Morgan fingerprint density at radius 1 is 1.29 bits per heavy atom. The first-order chi connectivity index (χ1) is 11.5. The molecule has 0 radical (unpaired) electrons. The normalized spacial score (nSPS) is 36.8. The first-order valence-corrected chi connectivity index (χ1v) is 9.73. The molecule has 0 heterocycles. The van der Waals surface area contributed by atoms with Gasteiger partial charge in [0, 0.05) is 0 Å². The van der Waals surface area contributed by atoms with Crippen LogP contribution in [0.3, 0.4) is 0 Å². The molecule has 1 heteroatoms. The molecule has 128 valence electrons. The van der Waals surface area contributed by atoms with Crippen LogP contribution in [0, 0.1) is 23.2 Å². The van der Waals surface area contributed by atoms with E-state index >= 15 is 0 Å². The number of allylic oxidation sites excluding steroid dienone is 2. The van der Waals surface area contributed by atoms with Gasteiger partial charge in [0.05, 0.1) is 0 Å². The van der Waals surface area contributed by atoms with Gasteiger partial charge in [-0.2, -0.15) is 0 Å². The maximum absolute atomic E-state index is 9.78. The van der Waals surface area contributed by atoms with E-state index in [-0.39, 0.29) is 0 Å². The minimum absolute atomic E-state index is 0.384. The van der Waals surface area contributed by atoms with Crippen LogP contribution < -0.4 is 0 Å². The highest BCUT2D eigenvalue weighted by molar-refractivity contribution is 5.61. The van der Waals surface area contributed by atoms with Crippen molar-refractivity contribution in [2.75, 3.05) is 0 Å². The third-order valence-electron chi connectivity index (χ3n) is 7.36. The number of benzene rings is 1. The summed E-state index contributed by atoms with van der Waals surface area (Å²) < 4.78 is 0. The van der Waals surface area contributed by atoms with Crippen LogP contribution in [0.25, 0.3) is 6.08 Å². The van der Waals surface area contributed by atoms with Crippen LogP contribution in [0.2, 0.25) is 0 Å². The van der Waals surface area contributed by atoms with Crippen molar-refractivity contribution < 1.29 is 5.11 Å². The van der Waals surface area contributed by atoms with E-state index in [1.807, 2.05) is 12.1 Å². The van der Waals surface area contributed by atoms with E-state index in [0.717, 1.165) is 11.8 Å². The van der Waals surface area contributed by atoms with Crippen molar-refractivity contribution in [2.45, 2.75) is 58.3 Å². The predicted octanol–water partition coefficient (Wildman–Crippen LogP) is 6.30. The Kier molecular flexibility index (Phi) is 3.86. The lowest BCUT2D eigenvalue weighted by atomic mass is 9.55. The van der Waals surface area contributed by atoms with Gasteiger partial charge in [-0.3, -0.25) is 0 Å². The predicted molar refractivity (Wildman–Crippen MR) is 101 cm³/mol. The Balaban J connectivity index is 1.65. The summed E-state index contributed by atoms with van der Waals surface area (Å²) in [5, 5.41) is 9.78. The molecule has 0 aliphatic heterocycles. The van der Waals surface area contributed by atoms with E-state index in [9.17, 15) is 5.11 Å². The molecule has 0 spiro atoms. The Hall–Kier alpha value is -1.50. The van der Waals surface area contributed by atoms with Gasteiger partial charge in [0.2, 0.25) is 0 Å². The van der Waals surface area contributed by atoms with Crippen LogP contribution in [0.5, 0.6) is 5.75 Å². The Labute approximate surface area is 146 Å². The Morgan fingerprint density at radius 2 is 2.12 bits per heavy atom. The summed E-state index contributed by atoms with van der Waals surface area (Å²) >= 11 is 0. The molecule has 24 heavy (non-hydrogen) atoms. The van der Waals surface area contributed by atoms with E-state index in [2.05, 4.69) is 38.6 Å². The van der Waals surface area contributed by atoms with Crippen molar-refractivity contribution in [3.8, 4) is 5.75 Å². The van der Waals surface area contributed by atoms with Gasteiger partial charge in [-0.15, -0.1) is 0 Å².